The molecular formula is C14H22N4O3S. The van der Waals surface area contributed by atoms with Crippen LogP contribution in [0.5, 0.6) is 0 Å². The number of hydrogen-bond acceptors (Lipinski definition) is 6. The average molecular weight is 326 g/mol. The molecule has 1 aliphatic heterocycles. The lowest BCUT2D eigenvalue weighted by atomic mass is 10.1. The SMILES string of the molecule is CNC(=O)c1ncc(C2CNCCN2C(=O)OC(C)(C)C)s1. The van der Waals surface area contributed by atoms with Crippen LogP contribution in [0.4, 0.5) is 4.79 Å². The Labute approximate surface area is 134 Å². The van der Waals surface area contributed by atoms with Crippen molar-refractivity contribution < 1.29 is 14.3 Å². The predicted octanol–water partition coefficient (Wildman–Crippen LogP) is 1.38. The van der Waals surface area contributed by atoms with E-state index in [2.05, 4.69) is 15.6 Å². The second-order valence-corrected chi connectivity index (χ2v) is 7.10. The number of nitrogens with zero attached hydrogens (tertiary/aromatic N) is 2. The second-order valence-electron chi connectivity index (χ2n) is 6.04. The summed E-state index contributed by atoms with van der Waals surface area (Å²) in [5, 5.41) is 6.21. The fourth-order valence-corrected chi connectivity index (χ4v) is 3.13. The highest BCUT2D eigenvalue weighted by atomic mass is 32.1. The van der Waals surface area contributed by atoms with Crippen LogP contribution < -0.4 is 10.6 Å². The minimum Gasteiger partial charge on any atom is -0.444 e. The van der Waals surface area contributed by atoms with Gasteiger partial charge in [-0.2, -0.15) is 0 Å². The number of carbonyl (C=O) groups is 2. The van der Waals surface area contributed by atoms with Gasteiger partial charge in [0, 0.05) is 37.8 Å². The van der Waals surface area contributed by atoms with Gasteiger partial charge in [0.2, 0.25) is 0 Å². The molecule has 1 saturated heterocycles. The highest BCUT2D eigenvalue weighted by Gasteiger charge is 2.32. The number of piperazine rings is 1. The smallest absolute Gasteiger partial charge is 0.410 e. The maximum absolute atomic E-state index is 12.4. The molecule has 0 aliphatic carbocycles. The lowest BCUT2D eigenvalue weighted by molar-refractivity contribution is 0.0121. The molecule has 0 saturated carbocycles. The molecule has 1 unspecified atom stereocenters. The first-order chi connectivity index (χ1) is 10.3. The van der Waals surface area contributed by atoms with Crippen molar-refractivity contribution >= 4 is 23.3 Å². The van der Waals surface area contributed by atoms with Crippen LogP contribution in [-0.4, -0.2) is 54.2 Å². The molecule has 1 atom stereocenters. The molecule has 2 amide bonds. The fraction of sp³-hybridized carbons (Fsp3) is 0.643. The van der Waals surface area contributed by atoms with Crippen LogP contribution in [-0.2, 0) is 4.74 Å². The summed E-state index contributed by atoms with van der Waals surface area (Å²) in [6.07, 6.45) is 1.32. The zero-order valence-corrected chi connectivity index (χ0v) is 14.1. The summed E-state index contributed by atoms with van der Waals surface area (Å²) in [5.74, 6) is -0.219. The summed E-state index contributed by atoms with van der Waals surface area (Å²) in [6.45, 7) is 7.44. The third-order valence-corrected chi connectivity index (χ3v) is 4.24. The molecule has 0 aromatic carbocycles. The summed E-state index contributed by atoms with van der Waals surface area (Å²) in [6, 6.07) is -0.167. The van der Waals surface area contributed by atoms with Crippen molar-refractivity contribution in [1.29, 1.82) is 0 Å². The molecule has 1 aromatic rings. The van der Waals surface area contributed by atoms with E-state index in [0.29, 0.717) is 18.1 Å². The van der Waals surface area contributed by atoms with Crippen LogP contribution >= 0.6 is 11.3 Å². The van der Waals surface area contributed by atoms with Gasteiger partial charge in [0.1, 0.15) is 5.60 Å². The van der Waals surface area contributed by atoms with Crippen molar-refractivity contribution in [2.75, 3.05) is 26.7 Å². The number of nitrogens with one attached hydrogen (secondary N) is 2. The maximum Gasteiger partial charge on any atom is 0.410 e. The van der Waals surface area contributed by atoms with Crippen molar-refractivity contribution in [2.24, 2.45) is 0 Å². The largest absolute Gasteiger partial charge is 0.444 e. The normalized spacial score (nSPS) is 18.9. The Bertz CT molecular complexity index is 553. The van der Waals surface area contributed by atoms with E-state index < -0.39 is 5.60 Å². The number of ether oxygens (including phenoxy) is 1. The number of carbonyl (C=O) groups excluding carboxylic acids is 2. The maximum atomic E-state index is 12.4. The third kappa shape index (κ3) is 3.95. The van der Waals surface area contributed by atoms with Gasteiger partial charge in [-0.05, 0) is 20.8 Å². The molecule has 1 aliphatic rings. The molecule has 0 bridgehead atoms. The van der Waals surface area contributed by atoms with Gasteiger partial charge in [-0.25, -0.2) is 9.78 Å². The van der Waals surface area contributed by atoms with E-state index in [1.807, 2.05) is 20.8 Å². The molecule has 2 rings (SSSR count). The van der Waals surface area contributed by atoms with Gasteiger partial charge in [0.25, 0.3) is 5.91 Å². The van der Waals surface area contributed by atoms with E-state index in [1.54, 1.807) is 18.1 Å². The van der Waals surface area contributed by atoms with Crippen molar-refractivity contribution in [3.05, 3.63) is 16.1 Å². The minimum atomic E-state index is -0.534. The van der Waals surface area contributed by atoms with E-state index in [4.69, 9.17) is 4.74 Å². The van der Waals surface area contributed by atoms with E-state index in [0.717, 1.165) is 11.4 Å². The molecule has 2 heterocycles. The van der Waals surface area contributed by atoms with Gasteiger partial charge in [-0.1, -0.05) is 0 Å². The molecule has 1 fully saturated rings. The van der Waals surface area contributed by atoms with Crippen molar-refractivity contribution in [3.63, 3.8) is 0 Å². The molecule has 1 aromatic heterocycles. The van der Waals surface area contributed by atoms with Gasteiger partial charge in [-0.3, -0.25) is 9.69 Å². The Morgan fingerprint density at radius 2 is 2.23 bits per heavy atom. The minimum absolute atomic E-state index is 0.167. The zero-order chi connectivity index (χ0) is 16.3. The number of rotatable bonds is 2. The van der Waals surface area contributed by atoms with Crippen molar-refractivity contribution in [1.82, 2.24) is 20.5 Å². The molecule has 8 heteroatoms. The molecule has 122 valence electrons. The first-order valence-corrected chi connectivity index (χ1v) is 8.01. The summed E-state index contributed by atoms with van der Waals surface area (Å²) < 4.78 is 5.47. The van der Waals surface area contributed by atoms with Gasteiger partial charge in [0.15, 0.2) is 5.01 Å². The lowest BCUT2D eigenvalue weighted by Gasteiger charge is -2.36. The summed E-state index contributed by atoms with van der Waals surface area (Å²) in [4.78, 5) is 30.7. The number of amides is 2. The highest BCUT2D eigenvalue weighted by Crippen LogP contribution is 2.28. The average Bonchev–Trinajstić information content (AvgIpc) is 2.94. The van der Waals surface area contributed by atoms with E-state index >= 15 is 0 Å². The van der Waals surface area contributed by atoms with Crippen LogP contribution in [0, 0.1) is 0 Å². The third-order valence-electron chi connectivity index (χ3n) is 3.14. The van der Waals surface area contributed by atoms with Crippen LogP contribution in [0.3, 0.4) is 0 Å². The zero-order valence-electron chi connectivity index (χ0n) is 13.3. The first kappa shape index (κ1) is 16.7. The Morgan fingerprint density at radius 1 is 1.50 bits per heavy atom. The van der Waals surface area contributed by atoms with Gasteiger partial charge in [-0.15, -0.1) is 11.3 Å². The van der Waals surface area contributed by atoms with Crippen molar-refractivity contribution in [2.45, 2.75) is 32.4 Å². The van der Waals surface area contributed by atoms with E-state index in [1.165, 1.54) is 11.3 Å². The van der Waals surface area contributed by atoms with Gasteiger partial charge in [0.05, 0.1) is 6.04 Å². The monoisotopic (exact) mass is 326 g/mol. The molecular weight excluding hydrogens is 304 g/mol. The first-order valence-electron chi connectivity index (χ1n) is 7.20. The van der Waals surface area contributed by atoms with Crippen molar-refractivity contribution in [3.8, 4) is 0 Å². The van der Waals surface area contributed by atoms with E-state index in [9.17, 15) is 9.59 Å². The van der Waals surface area contributed by atoms with Gasteiger partial charge >= 0.3 is 6.09 Å². The standard InChI is InChI=1S/C14H22N4O3S/c1-14(2,3)21-13(20)18-6-5-16-7-9(18)10-8-17-12(22-10)11(19)15-4/h8-9,16H,5-7H2,1-4H3,(H,15,19). The highest BCUT2D eigenvalue weighted by molar-refractivity contribution is 7.13. The molecule has 22 heavy (non-hydrogen) atoms. The molecule has 0 spiro atoms. The number of hydrogen-bond donors (Lipinski definition) is 2. The second kappa shape index (κ2) is 6.62. The van der Waals surface area contributed by atoms with Crippen LogP contribution in [0.25, 0.3) is 0 Å². The summed E-state index contributed by atoms with van der Waals surface area (Å²) >= 11 is 1.30. The van der Waals surface area contributed by atoms with Crippen LogP contribution in [0.15, 0.2) is 6.20 Å². The Kier molecular flexibility index (Phi) is 5.02. The quantitative estimate of drug-likeness (QED) is 0.858. The number of thiazole rings is 1. The Balaban J connectivity index is 2.17. The van der Waals surface area contributed by atoms with E-state index in [-0.39, 0.29) is 18.0 Å². The molecule has 0 radical (unpaired) electrons. The topological polar surface area (TPSA) is 83.6 Å². The summed E-state index contributed by atoms with van der Waals surface area (Å²) in [5.41, 5.74) is -0.534. The summed E-state index contributed by atoms with van der Waals surface area (Å²) in [7, 11) is 1.57. The Hall–Kier alpha value is -1.67. The molecule has 2 N–H and O–H groups in total. The Morgan fingerprint density at radius 3 is 2.86 bits per heavy atom. The molecule has 7 nitrogen and oxygen atoms in total. The van der Waals surface area contributed by atoms with Crippen LogP contribution in [0.2, 0.25) is 0 Å². The fourth-order valence-electron chi connectivity index (χ4n) is 2.15. The van der Waals surface area contributed by atoms with Gasteiger partial charge < -0.3 is 15.4 Å². The number of aromatic nitrogens is 1. The van der Waals surface area contributed by atoms with Crippen LogP contribution in [0.1, 0.15) is 41.5 Å². The lowest BCUT2D eigenvalue weighted by Crippen LogP contribution is -2.49. The predicted molar refractivity (Wildman–Crippen MR) is 84.1 cm³/mol.